The van der Waals surface area contributed by atoms with Crippen LogP contribution in [0.1, 0.15) is 42.4 Å². The highest BCUT2D eigenvalue weighted by Crippen LogP contribution is 2.20. The fourth-order valence-corrected chi connectivity index (χ4v) is 1.98. The van der Waals surface area contributed by atoms with Gasteiger partial charge in [0, 0.05) is 18.3 Å². The van der Waals surface area contributed by atoms with Gasteiger partial charge < -0.3 is 9.64 Å². The normalized spacial score (nSPS) is 14.8. The lowest BCUT2D eigenvalue weighted by molar-refractivity contribution is 0.0220. The number of amides is 1. The molecule has 0 unspecified atom stereocenters. The molecule has 0 aromatic carbocycles. The second-order valence-electron chi connectivity index (χ2n) is 5.64. The third-order valence-electron chi connectivity index (χ3n) is 2.86. The molecule has 1 aliphatic heterocycles. The number of aromatic nitrogens is 1. The number of fused-ring (bicyclic) bond motifs is 1. The molecule has 19 heavy (non-hydrogen) atoms. The first-order valence-electron chi connectivity index (χ1n) is 6.30. The van der Waals surface area contributed by atoms with Crippen molar-refractivity contribution >= 4 is 12.4 Å². The molecule has 1 amide bonds. The second kappa shape index (κ2) is 4.99. The van der Waals surface area contributed by atoms with Gasteiger partial charge in [-0.25, -0.2) is 4.79 Å². The van der Waals surface area contributed by atoms with Crippen LogP contribution in [-0.2, 0) is 17.7 Å². The minimum absolute atomic E-state index is 0.320. The van der Waals surface area contributed by atoms with Gasteiger partial charge in [-0.1, -0.05) is 0 Å². The third kappa shape index (κ3) is 3.30. The van der Waals surface area contributed by atoms with Gasteiger partial charge in [-0.05, 0) is 38.8 Å². The maximum Gasteiger partial charge on any atom is 0.410 e. The minimum Gasteiger partial charge on any atom is -0.444 e. The SMILES string of the molecule is CC(C)(C)OC(=O)N1CCc2cc(C=O)cnc2C1. The van der Waals surface area contributed by atoms with Crippen LogP contribution in [0.4, 0.5) is 4.79 Å². The summed E-state index contributed by atoms with van der Waals surface area (Å²) in [4.78, 5) is 28.5. The molecule has 1 aromatic rings. The molecule has 0 N–H and O–H groups in total. The summed E-state index contributed by atoms with van der Waals surface area (Å²) in [7, 11) is 0. The summed E-state index contributed by atoms with van der Waals surface area (Å²) < 4.78 is 5.34. The monoisotopic (exact) mass is 262 g/mol. The molecule has 0 aliphatic carbocycles. The first kappa shape index (κ1) is 13.5. The lowest BCUT2D eigenvalue weighted by Gasteiger charge is -2.30. The Labute approximate surface area is 112 Å². The molecule has 2 heterocycles. The number of nitrogens with zero attached hydrogens (tertiary/aromatic N) is 2. The summed E-state index contributed by atoms with van der Waals surface area (Å²) in [6, 6.07) is 1.84. The highest BCUT2D eigenvalue weighted by Gasteiger charge is 2.26. The molecular weight excluding hydrogens is 244 g/mol. The number of rotatable bonds is 1. The predicted molar refractivity (Wildman–Crippen MR) is 70.0 cm³/mol. The van der Waals surface area contributed by atoms with Crippen molar-refractivity contribution in [3.63, 3.8) is 0 Å². The third-order valence-corrected chi connectivity index (χ3v) is 2.86. The lowest BCUT2D eigenvalue weighted by atomic mass is 10.0. The van der Waals surface area contributed by atoms with E-state index in [9.17, 15) is 9.59 Å². The van der Waals surface area contributed by atoms with Crippen LogP contribution in [0, 0.1) is 0 Å². The number of aldehydes is 1. The molecule has 102 valence electrons. The van der Waals surface area contributed by atoms with E-state index < -0.39 is 5.60 Å². The topological polar surface area (TPSA) is 59.5 Å². The second-order valence-corrected chi connectivity index (χ2v) is 5.64. The maximum atomic E-state index is 12.0. The quantitative estimate of drug-likeness (QED) is 0.728. The number of pyridine rings is 1. The number of carbonyl (C=O) groups excluding carboxylic acids is 2. The largest absolute Gasteiger partial charge is 0.444 e. The van der Waals surface area contributed by atoms with Gasteiger partial charge in [0.05, 0.1) is 12.2 Å². The van der Waals surface area contributed by atoms with E-state index in [0.29, 0.717) is 25.1 Å². The summed E-state index contributed by atoms with van der Waals surface area (Å²) in [5.74, 6) is 0. The van der Waals surface area contributed by atoms with Gasteiger partial charge in [0.25, 0.3) is 0 Å². The Morgan fingerprint density at radius 3 is 2.84 bits per heavy atom. The molecule has 0 fully saturated rings. The van der Waals surface area contributed by atoms with Crippen molar-refractivity contribution < 1.29 is 14.3 Å². The number of carbonyl (C=O) groups is 2. The molecule has 5 nitrogen and oxygen atoms in total. The van der Waals surface area contributed by atoms with Crippen molar-refractivity contribution in [3.05, 3.63) is 29.1 Å². The Balaban J connectivity index is 2.10. The summed E-state index contributed by atoms with van der Waals surface area (Å²) >= 11 is 0. The highest BCUT2D eigenvalue weighted by atomic mass is 16.6. The van der Waals surface area contributed by atoms with Crippen molar-refractivity contribution in [1.82, 2.24) is 9.88 Å². The van der Waals surface area contributed by atoms with E-state index in [1.54, 1.807) is 4.90 Å². The van der Waals surface area contributed by atoms with Crippen molar-refractivity contribution in [3.8, 4) is 0 Å². The molecule has 0 spiro atoms. The average molecular weight is 262 g/mol. The molecule has 0 saturated carbocycles. The van der Waals surface area contributed by atoms with E-state index in [4.69, 9.17) is 4.74 Å². The van der Waals surface area contributed by atoms with Gasteiger partial charge in [0.1, 0.15) is 5.60 Å². The maximum absolute atomic E-state index is 12.0. The van der Waals surface area contributed by atoms with E-state index >= 15 is 0 Å². The van der Waals surface area contributed by atoms with E-state index in [2.05, 4.69) is 4.98 Å². The summed E-state index contributed by atoms with van der Waals surface area (Å²) in [6.45, 7) is 6.56. The van der Waals surface area contributed by atoms with Crippen LogP contribution in [0.2, 0.25) is 0 Å². The Kier molecular flexibility index (Phi) is 3.55. The summed E-state index contributed by atoms with van der Waals surface area (Å²) in [5.41, 5.74) is 1.95. The zero-order valence-electron chi connectivity index (χ0n) is 11.5. The smallest absolute Gasteiger partial charge is 0.410 e. The molecule has 1 aliphatic rings. The van der Waals surface area contributed by atoms with Crippen LogP contribution in [0.5, 0.6) is 0 Å². The van der Waals surface area contributed by atoms with Gasteiger partial charge >= 0.3 is 6.09 Å². The molecule has 0 radical (unpaired) electrons. The van der Waals surface area contributed by atoms with Gasteiger partial charge in [0.2, 0.25) is 0 Å². The predicted octanol–water partition coefficient (Wildman–Crippen LogP) is 2.19. The van der Waals surface area contributed by atoms with Gasteiger partial charge in [-0.3, -0.25) is 9.78 Å². The van der Waals surface area contributed by atoms with Crippen molar-refractivity contribution in [2.45, 2.75) is 39.3 Å². The Morgan fingerprint density at radius 1 is 1.47 bits per heavy atom. The van der Waals surface area contributed by atoms with E-state index in [0.717, 1.165) is 17.5 Å². The zero-order chi connectivity index (χ0) is 14.0. The number of hydrogen-bond donors (Lipinski definition) is 0. The molecule has 0 bridgehead atoms. The highest BCUT2D eigenvalue weighted by molar-refractivity contribution is 5.74. The van der Waals surface area contributed by atoms with E-state index in [1.807, 2.05) is 26.8 Å². The van der Waals surface area contributed by atoms with Gasteiger partial charge in [-0.15, -0.1) is 0 Å². The average Bonchev–Trinajstić information content (AvgIpc) is 2.35. The Hall–Kier alpha value is -1.91. The van der Waals surface area contributed by atoms with Crippen LogP contribution in [0.3, 0.4) is 0 Å². The van der Waals surface area contributed by atoms with E-state index in [1.165, 1.54) is 6.20 Å². The van der Waals surface area contributed by atoms with Gasteiger partial charge in [0.15, 0.2) is 6.29 Å². The van der Waals surface area contributed by atoms with Gasteiger partial charge in [-0.2, -0.15) is 0 Å². The molecule has 1 aromatic heterocycles. The van der Waals surface area contributed by atoms with E-state index in [-0.39, 0.29) is 6.09 Å². The van der Waals surface area contributed by atoms with Crippen LogP contribution < -0.4 is 0 Å². The Morgan fingerprint density at radius 2 is 2.21 bits per heavy atom. The standard InChI is InChI=1S/C14H18N2O3/c1-14(2,3)19-13(18)16-5-4-11-6-10(9-17)7-15-12(11)8-16/h6-7,9H,4-5,8H2,1-3H3. The molecular formula is C14H18N2O3. The zero-order valence-corrected chi connectivity index (χ0v) is 11.5. The first-order valence-corrected chi connectivity index (χ1v) is 6.30. The van der Waals surface area contributed by atoms with Crippen LogP contribution in [0.25, 0.3) is 0 Å². The van der Waals surface area contributed by atoms with Crippen LogP contribution in [0.15, 0.2) is 12.3 Å². The Bertz CT molecular complexity index is 506. The molecule has 2 rings (SSSR count). The minimum atomic E-state index is -0.494. The first-order chi connectivity index (χ1) is 8.89. The fourth-order valence-electron chi connectivity index (χ4n) is 1.98. The molecule has 0 saturated heterocycles. The van der Waals surface area contributed by atoms with Crippen LogP contribution >= 0.6 is 0 Å². The number of ether oxygens (including phenoxy) is 1. The lowest BCUT2D eigenvalue weighted by Crippen LogP contribution is -2.40. The molecule has 5 heteroatoms. The molecule has 0 atom stereocenters. The van der Waals surface area contributed by atoms with Crippen molar-refractivity contribution in [2.75, 3.05) is 6.54 Å². The summed E-state index contributed by atoms with van der Waals surface area (Å²) in [6.07, 6.45) is 2.70. The van der Waals surface area contributed by atoms with Crippen molar-refractivity contribution in [2.24, 2.45) is 0 Å². The fraction of sp³-hybridized carbons (Fsp3) is 0.500. The number of hydrogen-bond acceptors (Lipinski definition) is 4. The van der Waals surface area contributed by atoms with Crippen LogP contribution in [-0.4, -0.2) is 34.4 Å². The summed E-state index contributed by atoms with van der Waals surface area (Å²) in [5, 5.41) is 0. The van der Waals surface area contributed by atoms with Crippen molar-refractivity contribution in [1.29, 1.82) is 0 Å².